The van der Waals surface area contributed by atoms with Gasteiger partial charge in [0.2, 0.25) is 5.91 Å². The molecule has 0 aliphatic rings. The Morgan fingerprint density at radius 1 is 1.35 bits per heavy atom. The van der Waals surface area contributed by atoms with E-state index in [0.717, 1.165) is 13.1 Å². The molecule has 0 saturated heterocycles. The number of nitrogens with one attached hydrogen (secondary N) is 1. The smallest absolute Gasteiger partial charge is 0.238 e. The van der Waals surface area contributed by atoms with Crippen LogP contribution >= 0.6 is 0 Å². The fourth-order valence-corrected chi connectivity index (χ4v) is 1.53. The van der Waals surface area contributed by atoms with Crippen LogP contribution in [-0.2, 0) is 4.79 Å². The van der Waals surface area contributed by atoms with Crippen LogP contribution in [0.25, 0.3) is 0 Å². The molecule has 17 heavy (non-hydrogen) atoms. The van der Waals surface area contributed by atoms with Crippen LogP contribution in [0.2, 0.25) is 0 Å². The molecule has 1 rings (SSSR count). The Morgan fingerprint density at radius 2 is 2.00 bits per heavy atom. The Balaban J connectivity index is 2.65. The third kappa shape index (κ3) is 3.89. The lowest BCUT2D eigenvalue weighted by atomic mass is 10.2. The Bertz CT molecular complexity index is 419. The number of amides is 1. The molecule has 0 spiro atoms. The van der Waals surface area contributed by atoms with Crippen molar-refractivity contribution in [3.8, 4) is 6.07 Å². The molecule has 0 heterocycles. The molecule has 0 radical (unpaired) electrons. The number of nitriles is 1. The van der Waals surface area contributed by atoms with Crippen molar-refractivity contribution in [2.75, 3.05) is 25.0 Å². The number of hydrogen-bond acceptors (Lipinski definition) is 3. The minimum absolute atomic E-state index is 0.0867. The lowest BCUT2D eigenvalue weighted by Crippen LogP contribution is -2.33. The van der Waals surface area contributed by atoms with E-state index in [1.165, 1.54) is 0 Å². The molecule has 4 nitrogen and oxygen atoms in total. The molecule has 0 atom stereocenters. The molecule has 0 aromatic heterocycles. The van der Waals surface area contributed by atoms with Gasteiger partial charge in [0.25, 0.3) is 0 Å². The summed E-state index contributed by atoms with van der Waals surface area (Å²) in [5.41, 5.74) is 1.06. The van der Waals surface area contributed by atoms with Crippen LogP contribution in [-0.4, -0.2) is 30.4 Å². The van der Waals surface area contributed by atoms with Crippen molar-refractivity contribution in [3.63, 3.8) is 0 Å². The number of para-hydroxylation sites is 1. The Kier molecular flexibility index (Phi) is 5.18. The van der Waals surface area contributed by atoms with Gasteiger partial charge >= 0.3 is 0 Å². The molecule has 1 aromatic carbocycles. The van der Waals surface area contributed by atoms with Crippen LogP contribution < -0.4 is 5.32 Å². The molecule has 1 amide bonds. The first-order chi connectivity index (χ1) is 8.21. The highest BCUT2D eigenvalue weighted by Gasteiger charge is 2.09. The Labute approximate surface area is 102 Å². The summed E-state index contributed by atoms with van der Waals surface area (Å²) >= 11 is 0. The van der Waals surface area contributed by atoms with E-state index in [2.05, 4.69) is 11.4 Å². The highest BCUT2D eigenvalue weighted by molar-refractivity contribution is 5.93. The molecule has 0 saturated carbocycles. The maximum atomic E-state index is 11.7. The van der Waals surface area contributed by atoms with Gasteiger partial charge < -0.3 is 5.32 Å². The molecule has 0 unspecified atom stereocenters. The van der Waals surface area contributed by atoms with Gasteiger partial charge in [0.1, 0.15) is 6.07 Å². The summed E-state index contributed by atoms with van der Waals surface area (Å²) in [5.74, 6) is -0.0867. The lowest BCUT2D eigenvalue weighted by Gasteiger charge is -2.17. The summed E-state index contributed by atoms with van der Waals surface area (Å²) in [7, 11) is 0. The van der Waals surface area contributed by atoms with Crippen molar-refractivity contribution >= 4 is 11.6 Å². The zero-order chi connectivity index (χ0) is 12.7. The molecule has 0 fully saturated rings. The minimum Gasteiger partial charge on any atom is -0.324 e. The molecule has 0 bridgehead atoms. The van der Waals surface area contributed by atoms with Crippen molar-refractivity contribution in [3.05, 3.63) is 29.8 Å². The first kappa shape index (κ1) is 13.2. The van der Waals surface area contributed by atoms with Gasteiger partial charge in [-0.1, -0.05) is 26.0 Å². The van der Waals surface area contributed by atoms with Gasteiger partial charge in [-0.3, -0.25) is 9.69 Å². The first-order valence-corrected chi connectivity index (χ1v) is 5.72. The van der Waals surface area contributed by atoms with E-state index in [1.807, 2.05) is 18.7 Å². The second-order valence-electron chi connectivity index (χ2n) is 3.67. The molecular formula is C13H17N3O. The van der Waals surface area contributed by atoms with Gasteiger partial charge in [0, 0.05) is 0 Å². The lowest BCUT2D eigenvalue weighted by molar-refractivity contribution is -0.117. The summed E-state index contributed by atoms with van der Waals surface area (Å²) in [6, 6.07) is 9.05. The molecule has 4 heteroatoms. The van der Waals surface area contributed by atoms with Crippen LogP contribution in [0, 0.1) is 11.3 Å². The predicted octanol–water partition coefficient (Wildman–Crippen LogP) is 1.84. The van der Waals surface area contributed by atoms with Gasteiger partial charge in [-0.25, -0.2) is 0 Å². The van der Waals surface area contributed by atoms with Crippen molar-refractivity contribution in [1.82, 2.24) is 4.90 Å². The third-order valence-corrected chi connectivity index (χ3v) is 2.58. The number of rotatable bonds is 5. The molecule has 0 aliphatic heterocycles. The van der Waals surface area contributed by atoms with Gasteiger partial charge in [0.05, 0.1) is 17.8 Å². The number of benzene rings is 1. The summed E-state index contributed by atoms with van der Waals surface area (Å²) in [6.07, 6.45) is 0. The van der Waals surface area contributed by atoms with E-state index >= 15 is 0 Å². The van der Waals surface area contributed by atoms with E-state index in [4.69, 9.17) is 5.26 Å². The Morgan fingerprint density at radius 3 is 2.59 bits per heavy atom. The monoisotopic (exact) mass is 231 g/mol. The summed E-state index contributed by atoms with van der Waals surface area (Å²) in [4.78, 5) is 13.8. The van der Waals surface area contributed by atoms with E-state index in [9.17, 15) is 4.79 Å². The molecule has 0 aliphatic carbocycles. The standard InChI is InChI=1S/C13H17N3O/c1-3-16(4-2)10-13(17)15-12-8-6-5-7-11(12)9-14/h5-8H,3-4,10H2,1-2H3,(H,15,17). The maximum Gasteiger partial charge on any atom is 0.238 e. The number of likely N-dealkylation sites (N-methyl/N-ethyl adjacent to an activating group) is 1. The van der Waals surface area contributed by atoms with Crippen LogP contribution in [0.4, 0.5) is 5.69 Å². The SMILES string of the molecule is CCN(CC)CC(=O)Nc1ccccc1C#N. The fraction of sp³-hybridized carbons (Fsp3) is 0.385. The van der Waals surface area contributed by atoms with Crippen LogP contribution in [0.1, 0.15) is 19.4 Å². The number of carbonyl (C=O) groups is 1. The predicted molar refractivity (Wildman–Crippen MR) is 67.6 cm³/mol. The zero-order valence-electron chi connectivity index (χ0n) is 10.2. The summed E-state index contributed by atoms with van der Waals surface area (Å²) in [6.45, 7) is 6.06. The van der Waals surface area contributed by atoms with Crippen molar-refractivity contribution in [2.45, 2.75) is 13.8 Å². The zero-order valence-corrected chi connectivity index (χ0v) is 10.2. The van der Waals surface area contributed by atoms with Crippen LogP contribution in [0.15, 0.2) is 24.3 Å². The average molecular weight is 231 g/mol. The Hall–Kier alpha value is -1.86. The molecule has 1 N–H and O–H groups in total. The topological polar surface area (TPSA) is 56.1 Å². The van der Waals surface area contributed by atoms with E-state index in [0.29, 0.717) is 17.8 Å². The van der Waals surface area contributed by atoms with Crippen molar-refractivity contribution in [1.29, 1.82) is 5.26 Å². The van der Waals surface area contributed by atoms with Crippen molar-refractivity contribution < 1.29 is 4.79 Å². The van der Waals surface area contributed by atoms with Crippen LogP contribution in [0.3, 0.4) is 0 Å². The van der Waals surface area contributed by atoms with E-state index < -0.39 is 0 Å². The van der Waals surface area contributed by atoms with Crippen LogP contribution in [0.5, 0.6) is 0 Å². The second-order valence-corrected chi connectivity index (χ2v) is 3.67. The van der Waals surface area contributed by atoms with E-state index in [-0.39, 0.29) is 5.91 Å². The fourth-order valence-electron chi connectivity index (χ4n) is 1.53. The molecule has 90 valence electrons. The van der Waals surface area contributed by atoms with Gasteiger partial charge in [-0.2, -0.15) is 5.26 Å². The number of carbonyl (C=O) groups excluding carboxylic acids is 1. The normalized spacial score (nSPS) is 10.0. The quantitative estimate of drug-likeness (QED) is 0.841. The van der Waals surface area contributed by atoms with E-state index in [1.54, 1.807) is 24.3 Å². The number of nitrogens with zero attached hydrogens (tertiary/aromatic N) is 2. The first-order valence-electron chi connectivity index (χ1n) is 5.72. The molecule has 1 aromatic rings. The third-order valence-electron chi connectivity index (χ3n) is 2.58. The number of hydrogen-bond donors (Lipinski definition) is 1. The van der Waals surface area contributed by atoms with Crippen molar-refractivity contribution in [2.24, 2.45) is 0 Å². The highest BCUT2D eigenvalue weighted by atomic mass is 16.2. The van der Waals surface area contributed by atoms with Gasteiger partial charge in [0.15, 0.2) is 0 Å². The highest BCUT2D eigenvalue weighted by Crippen LogP contribution is 2.13. The van der Waals surface area contributed by atoms with Gasteiger partial charge in [-0.05, 0) is 25.2 Å². The second kappa shape index (κ2) is 6.66. The largest absolute Gasteiger partial charge is 0.324 e. The average Bonchev–Trinajstić information content (AvgIpc) is 2.36. The van der Waals surface area contributed by atoms with Gasteiger partial charge in [-0.15, -0.1) is 0 Å². The number of anilines is 1. The summed E-state index contributed by atoms with van der Waals surface area (Å²) < 4.78 is 0. The summed E-state index contributed by atoms with van der Waals surface area (Å²) in [5, 5.41) is 11.7. The minimum atomic E-state index is -0.0867. The maximum absolute atomic E-state index is 11.7. The molecular weight excluding hydrogens is 214 g/mol.